The third-order valence-electron chi connectivity index (χ3n) is 26.3. The van der Waals surface area contributed by atoms with Crippen LogP contribution >= 0.6 is 0 Å². The van der Waals surface area contributed by atoms with E-state index in [9.17, 15) is 30.2 Å². The highest BCUT2D eigenvalue weighted by molar-refractivity contribution is 7.00. The van der Waals surface area contributed by atoms with Crippen molar-refractivity contribution in [3.8, 4) is 45.0 Å². The Hall–Kier alpha value is -12.4. The largest absolute Gasteiger partial charge is 0.309 e. The third-order valence-corrected chi connectivity index (χ3v) is 26.3. The van der Waals surface area contributed by atoms with E-state index >= 15 is 0 Å². The first-order valence-electron chi connectivity index (χ1n) is 51.0. The maximum Gasteiger partial charge on any atom is 0.252 e. The van der Waals surface area contributed by atoms with Crippen LogP contribution in [-0.2, 0) is 27.1 Å². The zero-order valence-corrected chi connectivity index (χ0v) is 65.9. The van der Waals surface area contributed by atoms with Gasteiger partial charge in [-0.2, -0.15) is 0 Å². The van der Waals surface area contributed by atoms with Crippen LogP contribution in [0.25, 0.3) is 175 Å². The van der Waals surface area contributed by atoms with Gasteiger partial charge in [-0.05, 0) is 200 Å². The minimum absolute atomic E-state index is 0.0406. The highest BCUT2D eigenvalue weighted by atomic mass is 15.1. The fraction of sp³-hybridized carbons (Fsp3) is 0.182. The van der Waals surface area contributed by atoms with Gasteiger partial charge in [0.15, 0.2) is 0 Å². The fourth-order valence-electron chi connectivity index (χ4n) is 20.8. The molecule has 19 aromatic rings. The first kappa shape index (κ1) is 49.3. The zero-order chi connectivity index (χ0) is 96.8. The number of fused-ring (bicyclic) bond motifs is 26. The zero-order valence-electron chi connectivity index (χ0n) is 87.9. The average Bonchev–Trinajstić information content (AvgIpc) is 1.57. The van der Waals surface area contributed by atoms with Gasteiger partial charge in [0.25, 0.3) is 6.71 Å². The molecule has 0 radical (unpaired) electrons. The molecule has 0 atom stereocenters. The van der Waals surface area contributed by atoms with Gasteiger partial charge in [0.1, 0.15) is 0 Å². The van der Waals surface area contributed by atoms with Crippen molar-refractivity contribution in [3.63, 3.8) is 0 Å². The quantitative estimate of drug-likeness (QED) is 0.157. The van der Waals surface area contributed by atoms with Crippen LogP contribution in [0.1, 0.15) is 160 Å². The molecule has 4 nitrogen and oxygen atoms in total. The minimum atomic E-state index is -1.75. The van der Waals surface area contributed by atoms with E-state index in [0.29, 0.717) is 76.0 Å². The summed E-state index contributed by atoms with van der Waals surface area (Å²) in [7, 11) is 0. The predicted molar refractivity (Wildman–Crippen MR) is 494 cm³/mol. The van der Waals surface area contributed by atoms with Gasteiger partial charge in [-0.25, -0.2) is 0 Å². The standard InChI is InChI=1S/C110H91BN4/c1-106(2,3)66-64-95-101-96(65-66)115-103-82(47-29-49-84(103)80-45-31-51-86-100(80)110(10,11)63-61-108(86,6)7)72-37-15-13-33-68(72)70-35-17-19-43-78(70)98-94(113-91-54-26-22-40-75(91)76-41-23-27-55-92(76)113)59-57-88(105(98)115)111(101)87-56-58-93(112-89-52-24-20-38-73(89)74-39-21-25-53-90(74)112)97-77-42-18-16-34-69(77)67-32-12-14-36-71(67)81-46-28-48-83(102(81)114(95)104(87)97)79-44-30-50-85-99(79)109(8,9)62-60-107(85,4)5/h12-59,64-65H,60-63H2,1-11H3/i20D,21D,22D,23D,24D,25D,26D,27D,38D,39D,40D,41D,52D,53D,54D,55D,56D,57D,58D,59D,64D,65D. The summed E-state index contributed by atoms with van der Waals surface area (Å²) >= 11 is 0. The lowest BCUT2D eigenvalue weighted by Gasteiger charge is -2.43. The molecule has 2 aliphatic carbocycles. The van der Waals surface area contributed by atoms with Crippen LogP contribution in [0.3, 0.4) is 0 Å². The second-order valence-electron chi connectivity index (χ2n) is 35.7. The van der Waals surface area contributed by atoms with Crippen molar-refractivity contribution in [1.29, 1.82) is 0 Å². The van der Waals surface area contributed by atoms with Gasteiger partial charge in [-0.15, -0.1) is 0 Å². The SMILES string of the molecule is [2H]c1c2c3c(c([2H])c1C(C)(C)C)-n1c4c(-c5cccc6c5C(C)(C)CCC6(C)C)cccc4c4ccccc4c4ccccc4c4c(-n5c6c([2H])c([2H])c([2H])c([2H])c6c6c([2H])c([2H])c([2H])c([2H])c65)c([2H])c([2H])c(c41)B3c1c([2H])c([2H])c(-n3c4c([2H])c([2H])c([2H])c([2H])c4c4c([2H])c([2H])c([2H])c([2H])c43)c3c4ccccc4c4ccccc4c4cccc(-c5cccc6c5C(C)(C)CCC6(C)C)c4n-2c13. The maximum atomic E-state index is 12.3. The van der Waals surface area contributed by atoms with Gasteiger partial charge in [-0.1, -0.05) is 331 Å². The summed E-state index contributed by atoms with van der Waals surface area (Å²) in [4.78, 5) is 0. The second-order valence-corrected chi connectivity index (χ2v) is 35.7. The smallest absolute Gasteiger partial charge is 0.252 e. The highest BCUT2D eigenvalue weighted by Crippen LogP contribution is 2.55. The lowest BCUT2D eigenvalue weighted by Crippen LogP contribution is -2.60. The molecule has 554 valence electrons. The summed E-state index contributed by atoms with van der Waals surface area (Å²) in [5.41, 5.74) is 3.61. The van der Waals surface area contributed by atoms with Crippen LogP contribution in [0.2, 0.25) is 0 Å². The third kappa shape index (κ3) is 9.50. The van der Waals surface area contributed by atoms with E-state index in [1.807, 2.05) is 151 Å². The molecule has 15 aromatic carbocycles. The van der Waals surface area contributed by atoms with Crippen LogP contribution < -0.4 is 16.4 Å². The van der Waals surface area contributed by atoms with Crippen LogP contribution in [0.5, 0.6) is 0 Å². The van der Waals surface area contributed by atoms with Gasteiger partial charge < -0.3 is 18.3 Å². The van der Waals surface area contributed by atoms with E-state index in [4.69, 9.17) is 0 Å². The van der Waals surface area contributed by atoms with Crippen molar-refractivity contribution in [1.82, 2.24) is 18.3 Å². The number of aromatic nitrogens is 4. The summed E-state index contributed by atoms with van der Waals surface area (Å²) in [5.74, 6) is 0. The number of hydrogen-bond acceptors (Lipinski definition) is 0. The molecule has 0 N–H and O–H groups in total. The molecule has 115 heavy (non-hydrogen) atoms. The van der Waals surface area contributed by atoms with Gasteiger partial charge in [-0.3, -0.25) is 0 Å². The Balaban J connectivity index is 1.12. The molecule has 0 spiro atoms. The van der Waals surface area contributed by atoms with Crippen molar-refractivity contribution >= 4 is 153 Å². The minimum Gasteiger partial charge on any atom is -0.309 e. The van der Waals surface area contributed by atoms with E-state index in [-0.39, 0.29) is 122 Å². The number of hydrogen-bond donors (Lipinski definition) is 0. The molecule has 0 bridgehead atoms. The molecule has 0 amide bonds. The number of nitrogens with zero attached hydrogens (tertiary/aromatic N) is 4. The predicted octanol–water partition coefficient (Wildman–Crippen LogP) is 27.4. The molecule has 23 rings (SSSR count). The molecule has 4 aromatic heterocycles. The van der Waals surface area contributed by atoms with Crippen LogP contribution in [-0.4, -0.2) is 25.0 Å². The normalized spacial score (nSPS) is 18.2. The van der Waals surface area contributed by atoms with E-state index in [2.05, 4.69) is 104 Å². The summed E-state index contributed by atoms with van der Waals surface area (Å²) in [6.07, 6.45) is 3.20. The van der Waals surface area contributed by atoms with Gasteiger partial charge >= 0.3 is 0 Å². The number of benzene rings is 15. The van der Waals surface area contributed by atoms with Crippen molar-refractivity contribution in [3.05, 3.63) is 331 Å². The van der Waals surface area contributed by atoms with Gasteiger partial charge in [0.2, 0.25) is 0 Å². The molecule has 0 saturated heterocycles. The van der Waals surface area contributed by atoms with Crippen molar-refractivity contribution < 1.29 is 30.2 Å². The summed E-state index contributed by atoms with van der Waals surface area (Å²) in [6.45, 7) is 22.2. The lowest BCUT2D eigenvalue weighted by atomic mass is 9.34. The number of rotatable bonds is 4. The van der Waals surface area contributed by atoms with E-state index in [0.717, 1.165) is 59.1 Å². The van der Waals surface area contributed by atoms with E-state index in [1.54, 1.807) is 0 Å². The van der Waals surface area contributed by atoms with Gasteiger partial charge in [0, 0.05) is 65.6 Å². The van der Waals surface area contributed by atoms with Crippen LogP contribution in [0, 0.1) is 0 Å². The Labute approximate surface area is 703 Å². The van der Waals surface area contributed by atoms with Crippen LogP contribution in [0.15, 0.2) is 303 Å². The Morgan fingerprint density at radius 3 is 0.957 bits per heavy atom. The molecular formula is C110H91BN4. The molecule has 5 heteroatoms. The Morgan fingerprint density at radius 2 is 0.591 bits per heavy atom. The lowest BCUT2D eigenvalue weighted by molar-refractivity contribution is 0.333. The Morgan fingerprint density at radius 1 is 0.287 bits per heavy atom. The molecule has 4 aliphatic rings. The first-order chi connectivity index (χ1) is 64.9. The Bertz CT molecular complexity index is 8470. The van der Waals surface area contributed by atoms with Crippen molar-refractivity contribution in [2.75, 3.05) is 0 Å². The molecule has 0 fully saturated rings. The van der Waals surface area contributed by atoms with Crippen LogP contribution in [0.4, 0.5) is 0 Å². The van der Waals surface area contributed by atoms with Crippen molar-refractivity contribution in [2.45, 2.75) is 129 Å². The molecule has 2 aliphatic heterocycles. The molecule has 0 saturated carbocycles. The second kappa shape index (κ2) is 24.1. The topological polar surface area (TPSA) is 19.7 Å². The monoisotopic (exact) mass is 1500 g/mol. The van der Waals surface area contributed by atoms with Crippen molar-refractivity contribution in [2.24, 2.45) is 0 Å². The number of para-hydroxylation sites is 6. The fourth-order valence-corrected chi connectivity index (χ4v) is 20.8. The summed E-state index contributed by atoms with van der Waals surface area (Å²) < 4.78 is 238. The highest BCUT2D eigenvalue weighted by Gasteiger charge is 2.45. The Kier molecular flexibility index (Phi) is 10.3. The van der Waals surface area contributed by atoms with Gasteiger partial charge in [0.05, 0.1) is 85.7 Å². The maximum absolute atomic E-state index is 12.3. The summed E-state index contributed by atoms with van der Waals surface area (Å²) in [6, 6.07) is 41.9. The first-order valence-corrected chi connectivity index (χ1v) is 40.0. The summed E-state index contributed by atoms with van der Waals surface area (Å²) in [5, 5.41) is 4.43. The molecular weight excluding hydrogens is 1390 g/mol. The average molecular weight is 1500 g/mol. The molecule has 6 heterocycles. The van der Waals surface area contributed by atoms with E-state index < -0.39 is 155 Å². The van der Waals surface area contributed by atoms with E-state index in [1.165, 1.54) is 9.13 Å². The molecule has 0 unspecified atom stereocenters.